The van der Waals surface area contributed by atoms with Crippen LogP contribution in [-0.2, 0) is 23.0 Å². The van der Waals surface area contributed by atoms with E-state index in [4.69, 9.17) is 18.7 Å². The van der Waals surface area contributed by atoms with Crippen molar-refractivity contribution in [1.29, 1.82) is 0 Å². The molecule has 1 aliphatic heterocycles. The molecule has 0 bridgehead atoms. The van der Waals surface area contributed by atoms with E-state index in [1.807, 2.05) is 12.3 Å². The number of benzene rings is 2. The summed E-state index contributed by atoms with van der Waals surface area (Å²) in [7, 11) is -1.13. The third kappa shape index (κ3) is 3.95. The fourth-order valence-electron chi connectivity index (χ4n) is 3.90. The fraction of sp³-hybridized carbons (Fsp3) is 0.273. The normalized spacial score (nSPS) is 13.4. The van der Waals surface area contributed by atoms with Crippen LogP contribution in [0.25, 0.3) is 11.0 Å². The molecule has 2 aromatic carbocycles. The smallest absolute Gasteiger partial charge is 0.266 e. The first kappa shape index (κ1) is 21.1. The highest BCUT2D eigenvalue weighted by Crippen LogP contribution is 2.38. The molecular weight excluding hydrogens is 448 g/mol. The summed E-state index contributed by atoms with van der Waals surface area (Å²) in [5.41, 5.74) is 2.07. The molecule has 0 spiro atoms. The molecule has 11 heteroatoms. The summed E-state index contributed by atoms with van der Waals surface area (Å²) in [5, 5.41) is 8.58. The highest BCUT2D eigenvalue weighted by molar-refractivity contribution is 7.92. The lowest BCUT2D eigenvalue weighted by molar-refractivity contribution is 0.285. The monoisotopic (exact) mass is 470 g/mol. The second kappa shape index (κ2) is 8.32. The number of aryl methyl sites for hydroxylation is 1. The maximum atomic E-state index is 13.3. The lowest BCUT2D eigenvalue weighted by Crippen LogP contribution is -2.16. The Morgan fingerprint density at radius 1 is 1.15 bits per heavy atom. The number of ether oxygens (including phenoxy) is 3. The Hall–Kier alpha value is -3.73. The zero-order chi connectivity index (χ0) is 23.0. The van der Waals surface area contributed by atoms with Crippen LogP contribution in [0.15, 0.2) is 52.1 Å². The molecule has 0 unspecified atom stereocenters. The van der Waals surface area contributed by atoms with Crippen LogP contribution in [0, 0.1) is 0 Å². The lowest BCUT2D eigenvalue weighted by atomic mass is 10.1. The number of nitrogens with one attached hydrogen (secondary N) is 1. The van der Waals surface area contributed by atoms with Crippen LogP contribution in [0.5, 0.6) is 17.2 Å². The first-order valence-corrected chi connectivity index (χ1v) is 11.8. The van der Waals surface area contributed by atoms with Crippen molar-refractivity contribution in [2.45, 2.75) is 24.3 Å². The third-order valence-corrected chi connectivity index (χ3v) is 6.80. The molecule has 3 heterocycles. The minimum Gasteiger partial charge on any atom is -0.496 e. The quantitative estimate of drug-likeness (QED) is 0.438. The number of fused-ring (bicyclic) bond motifs is 2. The number of hydrogen-bond donors (Lipinski definition) is 1. The molecule has 0 amide bonds. The summed E-state index contributed by atoms with van der Waals surface area (Å²) < 4.78 is 52.9. The van der Waals surface area contributed by atoms with E-state index >= 15 is 0 Å². The van der Waals surface area contributed by atoms with Gasteiger partial charge in [0.05, 0.1) is 27.4 Å². The molecule has 1 N–H and O–H groups in total. The first-order chi connectivity index (χ1) is 16.0. The van der Waals surface area contributed by atoms with Gasteiger partial charge >= 0.3 is 0 Å². The van der Waals surface area contributed by atoms with Gasteiger partial charge in [0.15, 0.2) is 11.4 Å². The maximum absolute atomic E-state index is 13.3. The zero-order valence-electron chi connectivity index (χ0n) is 18.1. The molecule has 10 nitrogen and oxygen atoms in total. The summed E-state index contributed by atoms with van der Waals surface area (Å²) in [6.07, 6.45) is 5.08. The molecule has 4 aromatic rings. The van der Waals surface area contributed by atoms with Gasteiger partial charge in [0, 0.05) is 18.5 Å². The van der Waals surface area contributed by atoms with Crippen LogP contribution in [-0.4, -0.2) is 44.2 Å². The van der Waals surface area contributed by atoms with Crippen LogP contribution in [0.4, 0.5) is 5.82 Å². The van der Waals surface area contributed by atoms with Crippen molar-refractivity contribution < 1.29 is 27.2 Å². The SMILES string of the molecule is COc1cc2c(cc1S(=O)(=O)Nc1noc3cc(Cn4cccn4)cc(OC)c13)CCCO2. The summed E-state index contributed by atoms with van der Waals surface area (Å²) in [6.45, 7) is 1.09. The predicted octanol–water partition coefficient (Wildman–Crippen LogP) is 3.22. The second-order valence-corrected chi connectivity index (χ2v) is 9.23. The van der Waals surface area contributed by atoms with Gasteiger partial charge in [-0.15, -0.1) is 0 Å². The van der Waals surface area contributed by atoms with Crippen LogP contribution in [0.3, 0.4) is 0 Å². The maximum Gasteiger partial charge on any atom is 0.266 e. The van der Waals surface area contributed by atoms with E-state index in [1.54, 1.807) is 35.1 Å². The van der Waals surface area contributed by atoms with E-state index in [0.29, 0.717) is 35.6 Å². The molecule has 0 saturated carbocycles. The highest BCUT2D eigenvalue weighted by atomic mass is 32.2. The average Bonchev–Trinajstić information content (AvgIpc) is 3.47. The minimum atomic E-state index is -4.05. The standard InChI is InChI=1S/C22H22N4O6S/c1-29-17-12-16-15(5-3-8-31-16)11-20(17)33(27,28)25-22-21-18(30-2)9-14(10-19(21)32-24-22)13-26-7-4-6-23-26/h4,6-7,9-12H,3,5,8,13H2,1-2H3,(H,24,25). The van der Waals surface area contributed by atoms with Crippen molar-refractivity contribution >= 4 is 26.8 Å². The minimum absolute atomic E-state index is 0.000306. The molecule has 33 heavy (non-hydrogen) atoms. The van der Waals surface area contributed by atoms with Gasteiger partial charge in [-0.25, -0.2) is 8.42 Å². The van der Waals surface area contributed by atoms with Crippen molar-refractivity contribution in [2.75, 3.05) is 25.5 Å². The summed E-state index contributed by atoms with van der Waals surface area (Å²) in [4.78, 5) is -0.000306. The van der Waals surface area contributed by atoms with Crippen molar-refractivity contribution in [3.63, 3.8) is 0 Å². The second-order valence-electron chi connectivity index (χ2n) is 7.57. The number of hydrogen-bond acceptors (Lipinski definition) is 8. The fourth-order valence-corrected chi connectivity index (χ4v) is 5.11. The number of anilines is 1. The molecule has 0 saturated heterocycles. The van der Waals surface area contributed by atoms with Crippen LogP contribution in [0.1, 0.15) is 17.5 Å². The summed E-state index contributed by atoms with van der Waals surface area (Å²) in [5.74, 6) is 1.28. The van der Waals surface area contributed by atoms with Crippen molar-refractivity contribution in [2.24, 2.45) is 0 Å². The lowest BCUT2D eigenvalue weighted by Gasteiger charge is -2.20. The molecule has 2 aromatic heterocycles. The highest BCUT2D eigenvalue weighted by Gasteiger charge is 2.27. The molecule has 0 aliphatic carbocycles. The molecule has 5 rings (SSSR count). The third-order valence-electron chi connectivity index (χ3n) is 5.44. The van der Waals surface area contributed by atoms with E-state index in [1.165, 1.54) is 14.2 Å². The van der Waals surface area contributed by atoms with E-state index < -0.39 is 10.0 Å². The van der Waals surface area contributed by atoms with Gasteiger partial charge in [0.2, 0.25) is 0 Å². The van der Waals surface area contributed by atoms with E-state index in [-0.39, 0.29) is 16.5 Å². The Balaban J connectivity index is 1.52. The number of nitrogens with zero attached hydrogens (tertiary/aromatic N) is 3. The van der Waals surface area contributed by atoms with Crippen LogP contribution >= 0.6 is 0 Å². The molecule has 0 atom stereocenters. The average molecular weight is 471 g/mol. The van der Waals surface area contributed by atoms with Gasteiger partial charge in [0.1, 0.15) is 27.5 Å². The Morgan fingerprint density at radius 2 is 2.00 bits per heavy atom. The number of aromatic nitrogens is 3. The van der Waals surface area contributed by atoms with E-state index in [2.05, 4.69) is 15.0 Å². The predicted molar refractivity (Wildman–Crippen MR) is 120 cm³/mol. The topological polar surface area (TPSA) is 118 Å². The largest absolute Gasteiger partial charge is 0.496 e. The Kier molecular flexibility index (Phi) is 5.33. The van der Waals surface area contributed by atoms with Gasteiger partial charge < -0.3 is 18.7 Å². The van der Waals surface area contributed by atoms with Crippen LogP contribution < -0.4 is 18.9 Å². The number of methoxy groups -OCH3 is 2. The number of sulfonamides is 1. The summed E-state index contributed by atoms with van der Waals surface area (Å²) >= 11 is 0. The van der Waals surface area contributed by atoms with Gasteiger partial charge in [-0.3, -0.25) is 9.40 Å². The molecule has 172 valence electrons. The first-order valence-electron chi connectivity index (χ1n) is 10.3. The van der Waals surface area contributed by atoms with Gasteiger partial charge in [-0.05, 0) is 48.2 Å². The Labute approximate surface area is 190 Å². The Bertz CT molecular complexity index is 1410. The van der Waals surface area contributed by atoms with Crippen LogP contribution in [0.2, 0.25) is 0 Å². The van der Waals surface area contributed by atoms with Crippen molar-refractivity contribution in [1.82, 2.24) is 14.9 Å². The molecule has 0 fully saturated rings. The van der Waals surface area contributed by atoms with Crippen molar-refractivity contribution in [3.05, 3.63) is 53.9 Å². The molecule has 1 aliphatic rings. The number of rotatable bonds is 7. The van der Waals surface area contributed by atoms with Gasteiger partial charge in [0.25, 0.3) is 10.0 Å². The van der Waals surface area contributed by atoms with Crippen molar-refractivity contribution in [3.8, 4) is 17.2 Å². The zero-order valence-corrected chi connectivity index (χ0v) is 18.9. The molecule has 0 radical (unpaired) electrons. The Morgan fingerprint density at radius 3 is 2.76 bits per heavy atom. The van der Waals surface area contributed by atoms with E-state index in [9.17, 15) is 8.42 Å². The van der Waals surface area contributed by atoms with Gasteiger partial charge in [-0.1, -0.05) is 5.16 Å². The molecular formula is C22H22N4O6S. The van der Waals surface area contributed by atoms with Gasteiger partial charge in [-0.2, -0.15) is 5.10 Å². The summed E-state index contributed by atoms with van der Waals surface area (Å²) in [6, 6.07) is 8.60. The van der Waals surface area contributed by atoms with E-state index in [0.717, 1.165) is 24.0 Å².